The van der Waals surface area contributed by atoms with Crippen molar-refractivity contribution >= 4 is 8.41 Å². The highest BCUT2D eigenvalue weighted by molar-refractivity contribution is 5.75. The van der Waals surface area contributed by atoms with E-state index < -0.39 is 0 Å². The minimum absolute atomic E-state index is 0. The molecule has 0 aliphatic carbocycles. The number of rotatable bonds is 0. The van der Waals surface area contributed by atoms with Gasteiger partial charge in [-0.05, 0) is 5.41 Å². The monoisotopic (exact) mass is 145 g/mol. The first-order valence-corrected chi connectivity index (χ1v) is 3.00. The van der Waals surface area contributed by atoms with Gasteiger partial charge in [-0.1, -0.05) is 56.4 Å². The Kier molecular flexibility index (Phi) is 51.7. The summed E-state index contributed by atoms with van der Waals surface area (Å²) in [6.07, 6.45) is 0. The van der Waals surface area contributed by atoms with Gasteiger partial charge in [0.2, 0.25) is 0 Å². The van der Waals surface area contributed by atoms with E-state index >= 15 is 0 Å². The van der Waals surface area contributed by atoms with Crippen molar-refractivity contribution in [2.24, 2.45) is 5.41 Å². The van der Waals surface area contributed by atoms with E-state index in [1.807, 2.05) is 13.8 Å². The van der Waals surface area contributed by atoms with Crippen molar-refractivity contribution < 1.29 is 0 Å². The lowest BCUT2D eigenvalue weighted by Crippen LogP contribution is -1.93. The summed E-state index contributed by atoms with van der Waals surface area (Å²) in [5.41, 5.74) is 0.500. The predicted octanol–water partition coefficient (Wildman–Crippen LogP) is 3.97. The molecule has 0 nitrogen and oxygen atoms in total. The first kappa shape index (κ1) is 32.2. The molecule has 0 aliphatic rings. The Morgan fingerprint density at radius 2 is 0.700 bits per heavy atom. The molecule has 0 fully saturated rings. The van der Waals surface area contributed by atoms with Crippen LogP contribution in [0.5, 0.6) is 0 Å². The van der Waals surface area contributed by atoms with Crippen LogP contribution < -0.4 is 0 Å². The van der Waals surface area contributed by atoms with Gasteiger partial charge in [-0.25, -0.2) is 0 Å². The molecule has 0 saturated carbocycles. The Morgan fingerprint density at radius 3 is 0.700 bits per heavy atom. The molecular formula is C9H26B. The molecule has 0 unspecified atom stereocenters. The molecule has 0 N–H and O–H groups in total. The van der Waals surface area contributed by atoms with Gasteiger partial charge in [-0.15, -0.1) is 0 Å². The third kappa shape index (κ3) is 95500. The molecule has 0 heterocycles. The van der Waals surface area contributed by atoms with Crippen molar-refractivity contribution in [2.75, 3.05) is 0 Å². The quantitative estimate of drug-likeness (QED) is 0.452. The van der Waals surface area contributed by atoms with Gasteiger partial charge in [0.15, 0.2) is 0 Å². The summed E-state index contributed by atoms with van der Waals surface area (Å²) in [7, 11) is 0. The molecule has 1 heteroatoms. The highest BCUT2D eigenvalue weighted by atomic mass is 14.0. The highest BCUT2D eigenvalue weighted by Crippen LogP contribution is 2.07. The molecule has 0 atom stereocenters. The zero-order valence-electron chi connectivity index (χ0n) is 7.08. The predicted molar refractivity (Wildman–Crippen MR) is 55.7 cm³/mol. The molecular weight excluding hydrogens is 119 g/mol. The van der Waals surface area contributed by atoms with E-state index in [0.717, 1.165) is 0 Å². The second-order valence-corrected chi connectivity index (χ2v) is 3.00. The van der Waals surface area contributed by atoms with Crippen molar-refractivity contribution in [2.45, 2.75) is 56.4 Å². The number of hydrogen-bond acceptors (Lipinski definition) is 0. The standard InChI is InChI=1S/C5H12.C2H6.2CH4.B/c1-5(2,3)4;1-2;;;/h1-4H3;1-2H3;2*1H4;. The molecule has 0 aliphatic heterocycles. The first-order valence-electron chi connectivity index (χ1n) is 3.00. The lowest BCUT2D eigenvalue weighted by Gasteiger charge is -2.05. The molecule has 0 amide bonds. The van der Waals surface area contributed by atoms with Gasteiger partial charge in [0.25, 0.3) is 0 Å². The fraction of sp³-hybridized carbons (Fsp3) is 1.00. The van der Waals surface area contributed by atoms with Crippen LogP contribution in [0.1, 0.15) is 56.4 Å². The Balaban J connectivity index is -0.0000000154. The van der Waals surface area contributed by atoms with E-state index in [4.69, 9.17) is 0 Å². The molecule has 0 rings (SSSR count). The van der Waals surface area contributed by atoms with Crippen molar-refractivity contribution in [1.82, 2.24) is 0 Å². The van der Waals surface area contributed by atoms with Gasteiger partial charge in [0, 0.05) is 8.41 Å². The van der Waals surface area contributed by atoms with E-state index in [-0.39, 0.29) is 23.3 Å². The fourth-order valence-corrected chi connectivity index (χ4v) is 0. The fourth-order valence-electron chi connectivity index (χ4n) is 0. The minimum atomic E-state index is 0. The van der Waals surface area contributed by atoms with Crippen LogP contribution in [-0.2, 0) is 0 Å². The van der Waals surface area contributed by atoms with Crippen molar-refractivity contribution in [1.29, 1.82) is 0 Å². The van der Waals surface area contributed by atoms with Crippen LogP contribution in [0.4, 0.5) is 0 Å². The molecule has 0 spiro atoms. The molecule has 0 saturated heterocycles. The van der Waals surface area contributed by atoms with Gasteiger partial charge in [0.1, 0.15) is 0 Å². The molecule has 0 aromatic heterocycles. The van der Waals surface area contributed by atoms with Crippen LogP contribution in [-0.4, -0.2) is 8.41 Å². The van der Waals surface area contributed by atoms with Gasteiger partial charge < -0.3 is 0 Å². The Morgan fingerprint density at radius 1 is 0.700 bits per heavy atom. The molecule has 65 valence electrons. The van der Waals surface area contributed by atoms with Crippen LogP contribution in [0.2, 0.25) is 0 Å². The average Bonchev–Trinajstić information content (AvgIpc) is 1.36. The molecule has 10 heavy (non-hydrogen) atoms. The minimum Gasteiger partial charge on any atom is -0.0776 e. The van der Waals surface area contributed by atoms with Crippen LogP contribution >= 0.6 is 0 Å². The maximum atomic E-state index is 2.19. The smallest absolute Gasteiger partial charge is 0 e. The second-order valence-electron chi connectivity index (χ2n) is 3.00. The second kappa shape index (κ2) is 16.0. The summed E-state index contributed by atoms with van der Waals surface area (Å²) in [5.74, 6) is 0. The summed E-state index contributed by atoms with van der Waals surface area (Å²) in [4.78, 5) is 0. The summed E-state index contributed by atoms with van der Waals surface area (Å²) < 4.78 is 0. The van der Waals surface area contributed by atoms with Crippen LogP contribution in [0.15, 0.2) is 0 Å². The molecule has 0 aromatic rings. The van der Waals surface area contributed by atoms with Gasteiger partial charge in [-0.2, -0.15) is 0 Å². The average molecular weight is 145 g/mol. The zero-order chi connectivity index (χ0) is 6.50. The summed E-state index contributed by atoms with van der Waals surface area (Å²) in [6.45, 7) is 12.8. The molecule has 0 bridgehead atoms. The third-order valence-corrected chi connectivity index (χ3v) is 0. The van der Waals surface area contributed by atoms with Gasteiger partial charge in [-0.3, -0.25) is 0 Å². The van der Waals surface area contributed by atoms with Gasteiger partial charge in [0.05, 0.1) is 0 Å². The van der Waals surface area contributed by atoms with Gasteiger partial charge >= 0.3 is 0 Å². The van der Waals surface area contributed by atoms with Crippen molar-refractivity contribution in [3.05, 3.63) is 0 Å². The highest BCUT2D eigenvalue weighted by Gasteiger charge is 1.95. The van der Waals surface area contributed by atoms with E-state index in [1.165, 1.54) is 0 Å². The largest absolute Gasteiger partial charge is 0.0776 e. The number of hydrogen-bond donors (Lipinski definition) is 0. The summed E-state index contributed by atoms with van der Waals surface area (Å²) in [6, 6.07) is 0. The normalized spacial score (nSPS) is 6.60. The maximum absolute atomic E-state index is 2.19. The molecule has 0 aromatic carbocycles. The van der Waals surface area contributed by atoms with E-state index in [1.54, 1.807) is 0 Å². The maximum Gasteiger partial charge on any atom is 0 e. The summed E-state index contributed by atoms with van der Waals surface area (Å²) >= 11 is 0. The van der Waals surface area contributed by atoms with Crippen LogP contribution in [0, 0.1) is 5.41 Å². The lowest BCUT2D eigenvalue weighted by atomic mass is 10.0. The Hall–Kier alpha value is 0.0649. The summed E-state index contributed by atoms with van der Waals surface area (Å²) in [5, 5.41) is 0. The third-order valence-electron chi connectivity index (χ3n) is 0. The lowest BCUT2D eigenvalue weighted by molar-refractivity contribution is 0.469. The van der Waals surface area contributed by atoms with Crippen molar-refractivity contribution in [3.63, 3.8) is 0 Å². The van der Waals surface area contributed by atoms with E-state index in [2.05, 4.69) is 27.7 Å². The van der Waals surface area contributed by atoms with Crippen LogP contribution in [0.25, 0.3) is 0 Å². The van der Waals surface area contributed by atoms with Crippen LogP contribution in [0.3, 0.4) is 0 Å². The SMILES string of the molecule is C.C.CC.CC(C)(C)C.[B]. The van der Waals surface area contributed by atoms with E-state index in [0.29, 0.717) is 5.41 Å². The van der Waals surface area contributed by atoms with E-state index in [9.17, 15) is 0 Å². The topological polar surface area (TPSA) is 0 Å². The Bertz CT molecular complexity index is 20.2. The Labute approximate surface area is 71.0 Å². The zero-order valence-corrected chi connectivity index (χ0v) is 7.08. The van der Waals surface area contributed by atoms with Crippen molar-refractivity contribution in [3.8, 4) is 0 Å². The first-order chi connectivity index (χ1) is 3.00. The molecule has 3 radical (unpaired) electrons.